The van der Waals surface area contributed by atoms with Gasteiger partial charge in [0.05, 0.1) is 10.7 Å². The minimum absolute atomic E-state index is 0.277. The van der Waals surface area contributed by atoms with E-state index in [1.54, 1.807) is 0 Å². The van der Waals surface area contributed by atoms with Gasteiger partial charge >= 0.3 is 0 Å². The van der Waals surface area contributed by atoms with Crippen LogP contribution < -0.4 is 10.2 Å². The summed E-state index contributed by atoms with van der Waals surface area (Å²) in [5.74, 6) is 0. The Balaban J connectivity index is 2.11. The molecule has 2 rings (SSSR count). The molecule has 1 saturated heterocycles. The Kier molecular flexibility index (Phi) is 5.49. The number of aliphatic hydroxyl groups excluding tert-OH is 1. The minimum atomic E-state index is 0.277. The first-order valence-corrected chi connectivity index (χ1v) is 7.44. The maximum atomic E-state index is 8.98. The average molecular weight is 283 g/mol. The molecule has 0 aromatic heterocycles. The predicted octanol–water partition coefficient (Wildman–Crippen LogP) is 2.80. The number of nitrogens with one attached hydrogen (secondary N) is 1. The zero-order valence-electron chi connectivity index (χ0n) is 11.5. The topological polar surface area (TPSA) is 35.5 Å². The van der Waals surface area contributed by atoms with Crippen LogP contribution in [0.15, 0.2) is 18.2 Å². The monoisotopic (exact) mass is 282 g/mol. The fourth-order valence-electron chi connectivity index (χ4n) is 2.88. The fraction of sp³-hybridized carbons (Fsp3) is 0.600. The van der Waals surface area contributed by atoms with Gasteiger partial charge in [-0.1, -0.05) is 17.7 Å². The van der Waals surface area contributed by atoms with Crippen LogP contribution in [0.4, 0.5) is 5.69 Å². The summed E-state index contributed by atoms with van der Waals surface area (Å²) in [5, 5.41) is 13.0. The van der Waals surface area contributed by atoms with Crippen LogP contribution in [0.5, 0.6) is 0 Å². The molecular formula is C15H23ClN2O. The first-order valence-electron chi connectivity index (χ1n) is 7.06. The third-order valence-electron chi connectivity index (χ3n) is 3.78. The van der Waals surface area contributed by atoms with Gasteiger partial charge in [-0.15, -0.1) is 0 Å². The van der Waals surface area contributed by atoms with Crippen molar-refractivity contribution in [2.75, 3.05) is 25.1 Å². The Morgan fingerprint density at radius 3 is 3.00 bits per heavy atom. The van der Waals surface area contributed by atoms with E-state index in [1.807, 2.05) is 7.05 Å². The quantitative estimate of drug-likeness (QED) is 0.842. The van der Waals surface area contributed by atoms with E-state index >= 15 is 0 Å². The summed E-state index contributed by atoms with van der Waals surface area (Å²) >= 11 is 6.43. The van der Waals surface area contributed by atoms with Gasteiger partial charge in [0, 0.05) is 25.7 Å². The highest BCUT2D eigenvalue weighted by Gasteiger charge is 2.25. The summed E-state index contributed by atoms with van der Waals surface area (Å²) in [6, 6.07) is 6.85. The van der Waals surface area contributed by atoms with Gasteiger partial charge in [0.1, 0.15) is 0 Å². The van der Waals surface area contributed by atoms with E-state index in [1.165, 1.54) is 18.4 Å². The molecule has 0 spiro atoms. The van der Waals surface area contributed by atoms with Crippen LogP contribution in [0.3, 0.4) is 0 Å². The number of hydrogen-bond donors (Lipinski definition) is 2. The van der Waals surface area contributed by atoms with Crippen molar-refractivity contribution >= 4 is 17.3 Å². The number of hydrogen-bond acceptors (Lipinski definition) is 3. The molecule has 1 atom stereocenters. The highest BCUT2D eigenvalue weighted by molar-refractivity contribution is 6.33. The third-order valence-corrected chi connectivity index (χ3v) is 4.08. The van der Waals surface area contributed by atoms with E-state index in [4.69, 9.17) is 16.7 Å². The second-order valence-corrected chi connectivity index (χ2v) is 5.58. The van der Waals surface area contributed by atoms with Crippen molar-refractivity contribution in [1.29, 1.82) is 0 Å². The first-order chi connectivity index (χ1) is 9.26. The molecule has 3 nitrogen and oxygen atoms in total. The third kappa shape index (κ3) is 3.62. The van der Waals surface area contributed by atoms with E-state index in [2.05, 4.69) is 28.4 Å². The van der Waals surface area contributed by atoms with E-state index in [-0.39, 0.29) is 6.61 Å². The van der Waals surface area contributed by atoms with Crippen molar-refractivity contribution in [2.24, 2.45) is 0 Å². The lowest BCUT2D eigenvalue weighted by Gasteiger charge is -2.28. The van der Waals surface area contributed by atoms with Gasteiger partial charge in [-0.05, 0) is 50.4 Å². The molecule has 106 valence electrons. The fourth-order valence-corrected chi connectivity index (χ4v) is 3.19. The largest absolute Gasteiger partial charge is 0.396 e. The van der Waals surface area contributed by atoms with Crippen LogP contribution in [-0.2, 0) is 6.54 Å². The lowest BCUT2D eigenvalue weighted by atomic mass is 10.1. The number of aliphatic hydroxyl groups is 1. The number of rotatable bonds is 6. The van der Waals surface area contributed by atoms with Crippen molar-refractivity contribution < 1.29 is 5.11 Å². The van der Waals surface area contributed by atoms with Crippen LogP contribution in [0.2, 0.25) is 5.02 Å². The number of nitrogens with zero attached hydrogens (tertiary/aromatic N) is 1. The van der Waals surface area contributed by atoms with E-state index in [0.29, 0.717) is 6.04 Å². The molecule has 19 heavy (non-hydrogen) atoms. The Morgan fingerprint density at radius 2 is 2.32 bits per heavy atom. The molecule has 0 aliphatic carbocycles. The van der Waals surface area contributed by atoms with Crippen molar-refractivity contribution in [1.82, 2.24) is 5.32 Å². The number of benzene rings is 1. The normalized spacial score (nSPS) is 19.1. The second kappa shape index (κ2) is 7.13. The van der Waals surface area contributed by atoms with Crippen LogP contribution in [-0.4, -0.2) is 31.3 Å². The summed E-state index contributed by atoms with van der Waals surface area (Å²) in [4.78, 5) is 2.40. The van der Waals surface area contributed by atoms with Gasteiger partial charge in [0.2, 0.25) is 0 Å². The Bertz CT molecular complexity index is 411. The van der Waals surface area contributed by atoms with Crippen molar-refractivity contribution in [3.63, 3.8) is 0 Å². The van der Waals surface area contributed by atoms with E-state index in [0.717, 1.165) is 36.6 Å². The summed E-state index contributed by atoms with van der Waals surface area (Å²) in [6.45, 7) is 2.19. The summed E-state index contributed by atoms with van der Waals surface area (Å²) in [6.07, 6.45) is 4.33. The molecule has 1 unspecified atom stereocenters. The van der Waals surface area contributed by atoms with E-state index in [9.17, 15) is 0 Å². The molecule has 1 aliphatic heterocycles. The minimum Gasteiger partial charge on any atom is -0.396 e. The summed E-state index contributed by atoms with van der Waals surface area (Å²) in [5.41, 5.74) is 2.35. The Labute approximate surface area is 120 Å². The molecule has 1 aliphatic rings. The molecular weight excluding hydrogens is 260 g/mol. The average Bonchev–Trinajstić information content (AvgIpc) is 2.85. The van der Waals surface area contributed by atoms with Crippen LogP contribution >= 0.6 is 11.6 Å². The lowest BCUT2D eigenvalue weighted by Crippen LogP contribution is -2.29. The molecule has 4 heteroatoms. The zero-order valence-corrected chi connectivity index (χ0v) is 12.3. The number of anilines is 1. The van der Waals surface area contributed by atoms with Gasteiger partial charge in [-0.2, -0.15) is 0 Å². The molecule has 0 bridgehead atoms. The van der Waals surface area contributed by atoms with Gasteiger partial charge in [0.15, 0.2) is 0 Å². The molecule has 1 aromatic rings. The van der Waals surface area contributed by atoms with Gasteiger partial charge in [0.25, 0.3) is 0 Å². The maximum absolute atomic E-state index is 8.98. The first kappa shape index (κ1) is 14.6. The molecule has 2 N–H and O–H groups in total. The number of halogens is 1. The Morgan fingerprint density at radius 1 is 1.47 bits per heavy atom. The standard InChI is InChI=1S/C15H23ClN2O/c1-17-11-12-6-7-15(14(16)10-12)18-8-2-4-13(18)5-3-9-19/h6-7,10,13,17,19H,2-5,8-9,11H2,1H3. The summed E-state index contributed by atoms with van der Waals surface area (Å²) in [7, 11) is 1.94. The Hall–Kier alpha value is -0.770. The van der Waals surface area contributed by atoms with Crippen molar-refractivity contribution in [3.05, 3.63) is 28.8 Å². The van der Waals surface area contributed by atoms with Crippen molar-refractivity contribution in [3.8, 4) is 0 Å². The van der Waals surface area contributed by atoms with Crippen molar-refractivity contribution in [2.45, 2.75) is 38.3 Å². The van der Waals surface area contributed by atoms with Gasteiger partial charge in [-0.3, -0.25) is 0 Å². The maximum Gasteiger partial charge on any atom is 0.0642 e. The summed E-state index contributed by atoms with van der Waals surface area (Å²) < 4.78 is 0. The SMILES string of the molecule is CNCc1ccc(N2CCCC2CCCO)c(Cl)c1. The predicted molar refractivity (Wildman–Crippen MR) is 80.9 cm³/mol. The highest BCUT2D eigenvalue weighted by Crippen LogP contribution is 2.34. The highest BCUT2D eigenvalue weighted by atomic mass is 35.5. The molecule has 0 radical (unpaired) electrons. The molecule has 0 saturated carbocycles. The zero-order chi connectivity index (χ0) is 13.7. The molecule has 1 fully saturated rings. The molecule has 0 amide bonds. The van der Waals surface area contributed by atoms with Crippen LogP contribution in [0.1, 0.15) is 31.2 Å². The lowest BCUT2D eigenvalue weighted by molar-refractivity contribution is 0.279. The molecule has 1 aromatic carbocycles. The molecule has 1 heterocycles. The van der Waals surface area contributed by atoms with Crippen LogP contribution in [0, 0.1) is 0 Å². The van der Waals surface area contributed by atoms with Gasteiger partial charge in [-0.25, -0.2) is 0 Å². The van der Waals surface area contributed by atoms with E-state index < -0.39 is 0 Å². The van der Waals surface area contributed by atoms with Crippen LogP contribution in [0.25, 0.3) is 0 Å². The second-order valence-electron chi connectivity index (χ2n) is 5.17. The smallest absolute Gasteiger partial charge is 0.0642 e. The van der Waals surface area contributed by atoms with Gasteiger partial charge < -0.3 is 15.3 Å².